The molecule has 0 saturated carbocycles. The second-order valence-corrected chi connectivity index (χ2v) is 5.97. The highest BCUT2D eigenvalue weighted by Gasteiger charge is 2.15. The molecule has 0 aliphatic rings. The topological polar surface area (TPSA) is 64.9 Å². The zero-order valence-corrected chi connectivity index (χ0v) is 12.4. The van der Waals surface area contributed by atoms with Gasteiger partial charge in [-0.05, 0) is 29.9 Å². The Morgan fingerprint density at radius 2 is 2.00 bits per heavy atom. The SMILES string of the molecule is N[C@@H](CCc1ccccc1)c1nc(Cc2cccs2)no1. The van der Waals surface area contributed by atoms with E-state index in [2.05, 4.69) is 28.3 Å². The second kappa shape index (κ2) is 6.65. The van der Waals surface area contributed by atoms with Crippen LogP contribution in [-0.4, -0.2) is 10.1 Å². The lowest BCUT2D eigenvalue weighted by Crippen LogP contribution is -2.12. The van der Waals surface area contributed by atoms with Gasteiger partial charge in [0, 0.05) is 11.3 Å². The average Bonchev–Trinajstić information content (AvgIpc) is 3.18. The number of thiophene rings is 1. The van der Waals surface area contributed by atoms with Gasteiger partial charge in [0.05, 0.1) is 6.04 Å². The molecule has 2 heterocycles. The van der Waals surface area contributed by atoms with Crippen molar-refractivity contribution in [1.82, 2.24) is 10.1 Å². The molecule has 0 amide bonds. The first-order valence-corrected chi connectivity index (χ1v) is 7.83. The number of hydrogen-bond acceptors (Lipinski definition) is 5. The lowest BCUT2D eigenvalue weighted by Gasteiger charge is -2.06. The first-order chi connectivity index (χ1) is 10.3. The minimum Gasteiger partial charge on any atom is -0.338 e. The van der Waals surface area contributed by atoms with Crippen LogP contribution in [0.1, 0.15) is 34.6 Å². The summed E-state index contributed by atoms with van der Waals surface area (Å²) in [5.74, 6) is 1.22. The first-order valence-electron chi connectivity index (χ1n) is 6.95. The van der Waals surface area contributed by atoms with E-state index >= 15 is 0 Å². The molecule has 108 valence electrons. The lowest BCUT2D eigenvalue weighted by molar-refractivity contribution is 0.345. The molecule has 0 saturated heterocycles. The highest BCUT2D eigenvalue weighted by molar-refractivity contribution is 7.09. The van der Waals surface area contributed by atoms with Crippen molar-refractivity contribution in [3.8, 4) is 0 Å². The molecule has 2 N–H and O–H groups in total. The Morgan fingerprint density at radius 3 is 2.76 bits per heavy atom. The molecule has 4 nitrogen and oxygen atoms in total. The summed E-state index contributed by atoms with van der Waals surface area (Å²) in [4.78, 5) is 5.62. The summed E-state index contributed by atoms with van der Waals surface area (Å²) >= 11 is 1.69. The Labute approximate surface area is 127 Å². The van der Waals surface area contributed by atoms with Crippen LogP contribution in [-0.2, 0) is 12.8 Å². The normalized spacial score (nSPS) is 12.4. The molecule has 0 unspecified atom stereocenters. The van der Waals surface area contributed by atoms with E-state index in [9.17, 15) is 0 Å². The monoisotopic (exact) mass is 299 g/mol. The molecule has 21 heavy (non-hydrogen) atoms. The summed E-state index contributed by atoms with van der Waals surface area (Å²) in [5.41, 5.74) is 7.41. The quantitative estimate of drug-likeness (QED) is 0.758. The molecule has 3 aromatic rings. The Balaban J connectivity index is 1.57. The Bertz CT molecular complexity index is 664. The van der Waals surface area contributed by atoms with Crippen LogP contribution in [0.4, 0.5) is 0 Å². The molecule has 0 bridgehead atoms. The van der Waals surface area contributed by atoms with Gasteiger partial charge in [0.2, 0.25) is 5.89 Å². The van der Waals surface area contributed by atoms with Gasteiger partial charge >= 0.3 is 0 Å². The zero-order chi connectivity index (χ0) is 14.5. The van der Waals surface area contributed by atoms with E-state index in [-0.39, 0.29) is 6.04 Å². The molecule has 1 aromatic carbocycles. The molecule has 0 aliphatic carbocycles. The Kier molecular flexibility index (Phi) is 4.43. The maximum atomic E-state index is 6.14. The number of benzene rings is 1. The van der Waals surface area contributed by atoms with Crippen LogP contribution in [0.15, 0.2) is 52.4 Å². The van der Waals surface area contributed by atoms with Crippen molar-refractivity contribution in [3.05, 3.63) is 70.0 Å². The Hall–Kier alpha value is -1.98. The zero-order valence-electron chi connectivity index (χ0n) is 11.6. The highest BCUT2D eigenvalue weighted by Crippen LogP contribution is 2.17. The number of nitrogens with zero attached hydrogens (tertiary/aromatic N) is 2. The van der Waals surface area contributed by atoms with Crippen molar-refractivity contribution in [2.24, 2.45) is 5.73 Å². The fraction of sp³-hybridized carbons (Fsp3) is 0.250. The summed E-state index contributed by atoms with van der Waals surface area (Å²) in [6.07, 6.45) is 2.40. The molecule has 5 heteroatoms. The van der Waals surface area contributed by atoms with Crippen LogP contribution >= 0.6 is 11.3 Å². The molecule has 3 rings (SSSR count). The average molecular weight is 299 g/mol. The fourth-order valence-electron chi connectivity index (χ4n) is 2.15. The molecule has 2 aromatic heterocycles. The summed E-state index contributed by atoms with van der Waals surface area (Å²) in [5, 5.41) is 6.05. The number of aromatic nitrogens is 2. The molecular formula is C16H17N3OS. The molecule has 1 atom stereocenters. The van der Waals surface area contributed by atoms with E-state index < -0.39 is 0 Å². The van der Waals surface area contributed by atoms with Crippen molar-refractivity contribution in [2.75, 3.05) is 0 Å². The van der Waals surface area contributed by atoms with Gasteiger partial charge in [-0.25, -0.2) is 0 Å². The van der Waals surface area contributed by atoms with Crippen molar-refractivity contribution >= 4 is 11.3 Å². The third-order valence-electron chi connectivity index (χ3n) is 3.30. The van der Waals surface area contributed by atoms with Gasteiger partial charge in [-0.3, -0.25) is 0 Å². The number of hydrogen-bond donors (Lipinski definition) is 1. The lowest BCUT2D eigenvalue weighted by atomic mass is 10.1. The smallest absolute Gasteiger partial charge is 0.243 e. The maximum absolute atomic E-state index is 6.14. The van der Waals surface area contributed by atoms with Crippen LogP contribution in [0, 0.1) is 0 Å². The van der Waals surface area contributed by atoms with E-state index in [1.165, 1.54) is 10.4 Å². The van der Waals surface area contributed by atoms with Gasteiger partial charge in [-0.15, -0.1) is 11.3 Å². The summed E-state index contributed by atoms with van der Waals surface area (Å²) in [6.45, 7) is 0. The predicted molar refractivity (Wildman–Crippen MR) is 83.1 cm³/mol. The maximum Gasteiger partial charge on any atom is 0.243 e. The van der Waals surface area contributed by atoms with E-state index in [0.29, 0.717) is 18.1 Å². The number of aryl methyl sites for hydroxylation is 1. The van der Waals surface area contributed by atoms with E-state index in [1.807, 2.05) is 29.6 Å². The minimum atomic E-state index is -0.213. The van der Waals surface area contributed by atoms with Crippen LogP contribution in [0.25, 0.3) is 0 Å². The van der Waals surface area contributed by atoms with Gasteiger partial charge in [0.1, 0.15) is 0 Å². The third kappa shape index (κ3) is 3.77. The van der Waals surface area contributed by atoms with E-state index in [1.54, 1.807) is 11.3 Å². The fourth-order valence-corrected chi connectivity index (χ4v) is 2.85. The van der Waals surface area contributed by atoms with Crippen molar-refractivity contribution in [2.45, 2.75) is 25.3 Å². The second-order valence-electron chi connectivity index (χ2n) is 4.94. The summed E-state index contributed by atoms with van der Waals surface area (Å²) in [6, 6.07) is 14.2. The number of rotatable bonds is 6. The molecule has 0 spiro atoms. The van der Waals surface area contributed by atoms with Crippen LogP contribution in [0.5, 0.6) is 0 Å². The van der Waals surface area contributed by atoms with Gasteiger partial charge in [-0.2, -0.15) is 4.98 Å². The first kappa shape index (κ1) is 14.0. The molecule has 0 radical (unpaired) electrons. The Morgan fingerprint density at radius 1 is 1.14 bits per heavy atom. The van der Waals surface area contributed by atoms with E-state index in [0.717, 1.165) is 12.8 Å². The largest absolute Gasteiger partial charge is 0.338 e. The predicted octanol–water partition coefficient (Wildman–Crippen LogP) is 3.35. The van der Waals surface area contributed by atoms with Crippen molar-refractivity contribution in [1.29, 1.82) is 0 Å². The highest BCUT2D eigenvalue weighted by atomic mass is 32.1. The van der Waals surface area contributed by atoms with Gasteiger partial charge in [0.25, 0.3) is 0 Å². The standard InChI is InChI=1S/C16H17N3OS/c17-14(9-8-12-5-2-1-3-6-12)16-18-15(19-20-16)11-13-7-4-10-21-13/h1-7,10,14H,8-9,11,17H2/t14-/m0/s1. The van der Waals surface area contributed by atoms with Crippen LogP contribution < -0.4 is 5.73 Å². The van der Waals surface area contributed by atoms with E-state index in [4.69, 9.17) is 10.3 Å². The van der Waals surface area contributed by atoms with Gasteiger partial charge in [0.15, 0.2) is 5.82 Å². The number of nitrogens with two attached hydrogens (primary N) is 1. The molecule has 0 fully saturated rings. The molecular weight excluding hydrogens is 282 g/mol. The minimum absolute atomic E-state index is 0.213. The van der Waals surface area contributed by atoms with Crippen LogP contribution in [0.3, 0.4) is 0 Å². The van der Waals surface area contributed by atoms with Crippen LogP contribution in [0.2, 0.25) is 0 Å². The van der Waals surface area contributed by atoms with Gasteiger partial charge < -0.3 is 10.3 Å². The van der Waals surface area contributed by atoms with Gasteiger partial charge in [-0.1, -0.05) is 41.6 Å². The summed E-state index contributed by atoms with van der Waals surface area (Å²) < 4.78 is 5.28. The van der Waals surface area contributed by atoms with Crippen molar-refractivity contribution in [3.63, 3.8) is 0 Å². The third-order valence-corrected chi connectivity index (χ3v) is 4.18. The van der Waals surface area contributed by atoms with Crippen molar-refractivity contribution < 1.29 is 4.52 Å². The summed E-state index contributed by atoms with van der Waals surface area (Å²) in [7, 11) is 0. The molecule has 0 aliphatic heterocycles.